The Morgan fingerprint density at radius 3 is 3.20 bits per heavy atom. The summed E-state index contributed by atoms with van der Waals surface area (Å²) in [4.78, 5) is 19.6. The number of aromatic nitrogens is 2. The fraction of sp³-hybridized carbons (Fsp3) is 0.231. The molecule has 0 bridgehead atoms. The van der Waals surface area contributed by atoms with E-state index in [1.54, 1.807) is 24.5 Å². The molecular weight excluding hydrogens is 344 g/mol. The summed E-state index contributed by atoms with van der Waals surface area (Å²) in [6.07, 6.45) is 2.23. The predicted octanol–water partition coefficient (Wildman–Crippen LogP) is 2.48. The van der Waals surface area contributed by atoms with Crippen molar-refractivity contribution in [1.82, 2.24) is 15.3 Å². The molecule has 1 amide bonds. The number of fused-ring (bicyclic) bond motifs is 1. The van der Waals surface area contributed by atoms with E-state index in [0.29, 0.717) is 23.7 Å². The smallest absolute Gasteiger partial charge is 0.241 e. The second-order valence-electron chi connectivity index (χ2n) is 4.58. The molecule has 0 saturated heterocycles. The number of H-pyrrole nitrogens is 1. The van der Waals surface area contributed by atoms with E-state index in [9.17, 15) is 4.79 Å². The monoisotopic (exact) mass is 354 g/mol. The van der Waals surface area contributed by atoms with Gasteiger partial charge in [0.25, 0.3) is 0 Å². The number of aromatic amines is 1. The summed E-state index contributed by atoms with van der Waals surface area (Å²) in [6.45, 7) is 0.615. The maximum absolute atomic E-state index is 12.3. The van der Waals surface area contributed by atoms with Gasteiger partial charge >= 0.3 is 0 Å². The molecule has 1 aromatic carbocycles. The van der Waals surface area contributed by atoms with Crippen molar-refractivity contribution in [2.45, 2.75) is 19.0 Å². The lowest BCUT2D eigenvalue weighted by molar-refractivity contribution is -0.118. The first-order valence-electron chi connectivity index (χ1n) is 6.14. The zero-order chi connectivity index (χ0) is 14.1. The SMILES string of the molecule is O=C(Nc1cc(Cl)ccc1Br)C1Cc2nc[nH]c2CN1. The van der Waals surface area contributed by atoms with Gasteiger partial charge in [-0.25, -0.2) is 4.98 Å². The van der Waals surface area contributed by atoms with Crippen LogP contribution in [0.2, 0.25) is 5.02 Å². The Hall–Kier alpha value is -1.37. The molecule has 1 unspecified atom stereocenters. The molecule has 0 spiro atoms. The van der Waals surface area contributed by atoms with Crippen molar-refractivity contribution >= 4 is 39.1 Å². The summed E-state index contributed by atoms with van der Waals surface area (Å²) in [5, 5.41) is 6.64. The van der Waals surface area contributed by atoms with Gasteiger partial charge in [0, 0.05) is 22.5 Å². The largest absolute Gasteiger partial charge is 0.347 e. The number of carbonyl (C=O) groups excluding carboxylic acids is 1. The number of amides is 1. The molecule has 1 aromatic heterocycles. The van der Waals surface area contributed by atoms with Crippen LogP contribution in [0.3, 0.4) is 0 Å². The van der Waals surface area contributed by atoms with Gasteiger partial charge in [-0.15, -0.1) is 0 Å². The zero-order valence-electron chi connectivity index (χ0n) is 10.4. The van der Waals surface area contributed by atoms with E-state index in [2.05, 4.69) is 36.5 Å². The van der Waals surface area contributed by atoms with E-state index in [-0.39, 0.29) is 11.9 Å². The van der Waals surface area contributed by atoms with Crippen LogP contribution in [0.25, 0.3) is 0 Å². The lowest BCUT2D eigenvalue weighted by atomic mass is 10.0. The first-order valence-corrected chi connectivity index (χ1v) is 7.31. The predicted molar refractivity (Wildman–Crippen MR) is 80.7 cm³/mol. The molecule has 3 N–H and O–H groups in total. The highest BCUT2D eigenvalue weighted by molar-refractivity contribution is 9.10. The fourth-order valence-corrected chi connectivity index (χ4v) is 2.69. The van der Waals surface area contributed by atoms with Gasteiger partial charge < -0.3 is 10.3 Å². The van der Waals surface area contributed by atoms with E-state index in [0.717, 1.165) is 15.9 Å². The lowest BCUT2D eigenvalue weighted by Gasteiger charge is -2.22. The summed E-state index contributed by atoms with van der Waals surface area (Å²) >= 11 is 9.33. The van der Waals surface area contributed by atoms with E-state index < -0.39 is 0 Å². The fourth-order valence-electron chi connectivity index (χ4n) is 2.17. The van der Waals surface area contributed by atoms with Crippen LogP contribution >= 0.6 is 27.5 Å². The number of anilines is 1. The number of imidazole rings is 1. The van der Waals surface area contributed by atoms with Crippen molar-refractivity contribution in [2.75, 3.05) is 5.32 Å². The van der Waals surface area contributed by atoms with Crippen LogP contribution in [-0.4, -0.2) is 21.9 Å². The highest BCUT2D eigenvalue weighted by Crippen LogP contribution is 2.26. The molecule has 7 heteroatoms. The molecule has 1 atom stereocenters. The lowest BCUT2D eigenvalue weighted by Crippen LogP contribution is -2.44. The third kappa shape index (κ3) is 2.72. The van der Waals surface area contributed by atoms with Crippen LogP contribution in [0.1, 0.15) is 11.4 Å². The molecule has 3 rings (SSSR count). The summed E-state index contributed by atoms with van der Waals surface area (Å²) in [5.41, 5.74) is 2.64. The molecule has 1 aliphatic rings. The second kappa shape index (κ2) is 5.55. The number of hydrogen-bond donors (Lipinski definition) is 3. The number of hydrogen-bond acceptors (Lipinski definition) is 3. The van der Waals surface area contributed by atoms with Gasteiger partial charge in [0.15, 0.2) is 0 Å². The van der Waals surface area contributed by atoms with Gasteiger partial charge in [-0.3, -0.25) is 10.1 Å². The summed E-state index contributed by atoms with van der Waals surface area (Å²) < 4.78 is 0.798. The van der Waals surface area contributed by atoms with Crippen LogP contribution < -0.4 is 10.6 Å². The van der Waals surface area contributed by atoms with Crippen molar-refractivity contribution in [3.63, 3.8) is 0 Å². The van der Waals surface area contributed by atoms with Crippen molar-refractivity contribution in [1.29, 1.82) is 0 Å². The van der Waals surface area contributed by atoms with Gasteiger partial charge in [-0.2, -0.15) is 0 Å². The molecule has 5 nitrogen and oxygen atoms in total. The van der Waals surface area contributed by atoms with Crippen molar-refractivity contribution in [3.05, 3.63) is 45.4 Å². The number of benzene rings is 1. The molecule has 2 aromatic rings. The average molecular weight is 356 g/mol. The van der Waals surface area contributed by atoms with Crippen LogP contribution in [0, 0.1) is 0 Å². The molecule has 0 saturated carbocycles. The standard InChI is InChI=1S/C13H12BrClN4O/c14-8-2-1-7(15)3-9(8)19-13(20)11-4-10-12(5-16-11)18-6-17-10/h1-3,6,11,16H,4-5H2,(H,17,18)(H,19,20). The third-order valence-electron chi connectivity index (χ3n) is 3.23. The Balaban J connectivity index is 1.73. The molecule has 0 radical (unpaired) electrons. The van der Waals surface area contributed by atoms with Crippen LogP contribution in [0.15, 0.2) is 29.0 Å². The zero-order valence-corrected chi connectivity index (χ0v) is 12.8. The first kappa shape index (κ1) is 13.6. The summed E-state index contributed by atoms with van der Waals surface area (Å²) in [7, 11) is 0. The Morgan fingerprint density at radius 1 is 1.50 bits per heavy atom. The molecule has 0 aliphatic carbocycles. The molecule has 0 fully saturated rings. The van der Waals surface area contributed by atoms with Crippen LogP contribution in [0.4, 0.5) is 5.69 Å². The van der Waals surface area contributed by atoms with Crippen LogP contribution in [0.5, 0.6) is 0 Å². The maximum Gasteiger partial charge on any atom is 0.241 e. The first-order chi connectivity index (χ1) is 9.63. The summed E-state index contributed by atoms with van der Waals surface area (Å²) in [6, 6.07) is 4.98. The minimum atomic E-state index is -0.295. The molecule has 1 aliphatic heterocycles. The highest BCUT2D eigenvalue weighted by Gasteiger charge is 2.26. The van der Waals surface area contributed by atoms with Gasteiger partial charge in [0.2, 0.25) is 5.91 Å². The van der Waals surface area contributed by atoms with Gasteiger partial charge in [-0.05, 0) is 34.1 Å². The third-order valence-corrected chi connectivity index (χ3v) is 4.16. The van der Waals surface area contributed by atoms with Gasteiger partial charge in [-0.1, -0.05) is 11.6 Å². The Morgan fingerprint density at radius 2 is 2.35 bits per heavy atom. The number of halogens is 2. The summed E-state index contributed by atoms with van der Waals surface area (Å²) in [5.74, 6) is -0.0957. The minimum absolute atomic E-state index is 0.0957. The number of nitrogens with one attached hydrogen (secondary N) is 3. The van der Waals surface area contributed by atoms with Crippen molar-refractivity contribution in [2.24, 2.45) is 0 Å². The van der Waals surface area contributed by atoms with E-state index >= 15 is 0 Å². The normalized spacial score (nSPS) is 17.6. The number of carbonyl (C=O) groups is 1. The number of nitrogens with zero attached hydrogens (tertiary/aromatic N) is 1. The number of rotatable bonds is 2. The average Bonchev–Trinajstić information content (AvgIpc) is 2.90. The van der Waals surface area contributed by atoms with Crippen LogP contribution in [-0.2, 0) is 17.8 Å². The van der Waals surface area contributed by atoms with Gasteiger partial charge in [0.05, 0.1) is 29.4 Å². The van der Waals surface area contributed by atoms with Gasteiger partial charge in [0.1, 0.15) is 0 Å². The molecule has 20 heavy (non-hydrogen) atoms. The Labute approximate surface area is 129 Å². The maximum atomic E-state index is 12.3. The molecular formula is C13H12BrClN4O. The van der Waals surface area contributed by atoms with Crippen molar-refractivity contribution in [3.8, 4) is 0 Å². The van der Waals surface area contributed by atoms with Crippen molar-refractivity contribution < 1.29 is 4.79 Å². The van der Waals surface area contributed by atoms with E-state index in [4.69, 9.17) is 11.6 Å². The molecule has 104 valence electrons. The molecule has 2 heterocycles. The minimum Gasteiger partial charge on any atom is -0.347 e. The quantitative estimate of drug-likeness (QED) is 0.775. The van der Waals surface area contributed by atoms with E-state index in [1.165, 1.54) is 0 Å². The highest BCUT2D eigenvalue weighted by atomic mass is 79.9. The Bertz CT molecular complexity index is 658. The topological polar surface area (TPSA) is 69.8 Å². The van der Waals surface area contributed by atoms with E-state index in [1.807, 2.05) is 0 Å². The second-order valence-corrected chi connectivity index (χ2v) is 5.87. The Kier molecular flexibility index (Phi) is 3.78.